The highest BCUT2D eigenvalue weighted by atomic mass is 16.2. The molecule has 0 unspecified atom stereocenters. The molecule has 0 spiro atoms. The topological polar surface area (TPSA) is 126 Å². The minimum absolute atomic E-state index is 0.0929. The molecule has 0 aromatic carbocycles. The van der Waals surface area contributed by atoms with Crippen LogP contribution in [0, 0.1) is 5.92 Å². The summed E-state index contributed by atoms with van der Waals surface area (Å²) >= 11 is 0. The molecular weight excluding hydrogens is 288 g/mol. The number of hydrogen-bond acceptors (Lipinski definition) is 5. The van der Waals surface area contributed by atoms with Gasteiger partial charge in [-0.2, -0.15) is 5.10 Å². The number of amides is 1. The molecular formula is C13H18N6O3. The zero-order valence-electron chi connectivity index (χ0n) is 12.6. The molecule has 0 aliphatic carbocycles. The standard InChI is InChI=1S/C13H18N6O3/c1-7(2)4-8(11-14-6-15-19(11)3)16-12(21)9-5-10(20)18-13(22)17-9/h5-8H,4H2,1-3H3,(H,16,21)(H2,17,18,20,22)/t8-/m0/s1. The van der Waals surface area contributed by atoms with Gasteiger partial charge in [0.1, 0.15) is 17.8 Å². The molecule has 1 amide bonds. The summed E-state index contributed by atoms with van der Waals surface area (Å²) in [6.45, 7) is 4.04. The van der Waals surface area contributed by atoms with E-state index in [9.17, 15) is 14.4 Å². The van der Waals surface area contributed by atoms with Crippen LogP contribution in [0.1, 0.15) is 42.6 Å². The number of H-pyrrole nitrogens is 2. The maximum Gasteiger partial charge on any atom is 0.326 e. The van der Waals surface area contributed by atoms with Gasteiger partial charge in [-0.3, -0.25) is 19.3 Å². The molecule has 1 atom stereocenters. The predicted molar refractivity (Wildman–Crippen MR) is 78.3 cm³/mol. The number of hydrogen-bond donors (Lipinski definition) is 3. The van der Waals surface area contributed by atoms with Gasteiger partial charge in [-0.15, -0.1) is 0 Å². The Kier molecular flexibility index (Phi) is 4.54. The highest BCUT2D eigenvalue weighted by molar-refractivity contribution is 5.92. The van der Waals surface area contributed by atoms with E-state index in [1.807, 2.05) is 18.8 Å². The molecule has 118 valence electrons. The van der Waals surface area contributed by atoms with Crippen LogP contribution in [0.15, 0.2) is 22.0 Å². The lowest BCUT2D eigenvalue weighted by Crippen LogP contribution is -2.35. The maximum atomic E-state index is 12.3. The molecule has 2 aromatic rings. The number of carbonyl (C=O) groups is 1. The van der Waals surface area contributed by atoms with Crippen molar-refractivity contribution in [3.8, 4) is 0 Å². The van der Waals surface area contributed by atoms with E-state index >= 15 is 0 Å². The molecule has 2 heterocycles. The molecule has 0 bridgehead atoms. The van der Waals surface area contributed by atoms with Gasteiger partial charge in [0, 0.05) is 13.1 Å². The third-order valence-electron chi connectivity index (χ3n) is 3.08. The van der Waals surface area contributed by atoms with E-state index in [4.69, 9.17) is 0 Å². The number of aromatic amines is 2. The summed E-state index contributed by atoms with van der Waals surface area (Å²) in [5.41, 5.74) is -1.45. The molecule has 0 aliphatic heterocycles. The minimum Gasteiger partial charge on any atom is -0.341 e. The first-order chi connectivity index (χ1) is 10.4. The van der Waals surface area contributed by atoms with E-state index in [1.165, 1.54) is 6.33 Å². The van der Waals surface area contributed by atoms with Crippen molar-refractivity contribution in [3.63, 3.8) is 0 Å². The van der Waals surface area contributed by atoms with Crippen molar-refractivity contribution in [2.24, 2.45) is 13.0 Å². The summed E-state index contributed by atoms with van der Waals surface area (Å²) in [5, 5.41) is 6.77. The van der Waals surface area contributed by atoms with Gasteiger partial charge in [-0.05, 0) is 12.3 Å². The van der Waals surface area contributed by atoms with Crippen LogP contribution in [0.25, 0.3) is 0 Å². The normalized spacial score (nSPS) is 12.4. The second kappa shape index (κ2) is 6.37. The Balaban J connectivity index is 2.27. The molecule has 0 saturated heterocycles. The minimum atomic E-state index is -0.725. The van der Waals surface area contributed by atoms with Crippen LogP contribution in [0.2, 0.25) is 0 Å². The van der Waals surface area contributed by atoms with Gasteiger partial charge in [-0.1, -0.05) is 13.8 Å². The monoisotopic (exact) mass is 306 g/mol. The SMILES string of the molecule is CC(C)C[C@H](NC(=O)c1cc(=O)[nH]c(=O)[nH]1)c1ncnn1C. The van der Waals surface area contributed by atoms with Gasteiger partial charge < -0.3 is 10.3 Å². The fourth-order valence-corrected chi connectivity index (χ4v) is 2.15. The first kappa shape index (κ1) is 15.7. The Morgan fingerprint density at radius 2 is 2.09 bits per heavy atom. The van der Waals surface area contributed by atoms with Crippen molar-refractivity contribution in [2.75, 3.05) is 0 Å². The van der Waals surface area contributed by atoms with Crippen molar-refractivity contribution < 1.29 is 4.79 Å². The first-order valence-corrected chi connectivity index (χ1v) is 6.85. The zero-order chi connectivity index (χ0) is 16.3. The maximum absolute atomic E-state index is 12.3. The van der Waals surface area contributed by atoms with E-state index < -0.39 is 17.2 Å². The van der Waals surface area contributed by atoms with Gasteiger partial charge >= 0.3 is 5.69 Å². The Labute approximate surface area is 125 Å². The second-order valence-corrected chi connectivity index (χ2v) is 5.40. The molecule has 22 heavy (non-hydrogen) atoms. The van der Waals surface area contributed by atoms with E-state index in [0.29, 0.717) is 18.2 Å². The van der Waals surface area contributed by atoms with Crippen molar-refractivity contribution >= 4 is 5.91 Å². The second-order valence-electron chi connectivity index (χ2n) is 5.40. The number of rotatable bonds is 5. The van der Waals surface area contributed by atoms with E-state index in [-0.39, 0.29) is 11.7 Å². The van der Waals surface area contributed by atoms with Crippen molar-refractivity contribution in [1.29, 1.82) is 0 Å². The van der Waals surface area contributed by atoms with Crippen LogP contribution in [-0.4, -0.2) is 30.6 Å². The first-order valence-electron chi connectivity index (χ1n) is 6.85. The van der Waals surface area contributed by atoms with Crippen molar-refractivity contribution in [3.05, 3.63) is 44.8 Å². The van der Waals surface area contributed by atoms with Gasteiger partial charge in [0.05, 0.1) is 6.04 Å². The van der Waals surface area contributed by atoms with Crippen LogP contribution in [-0.2, 0) is 7.05 Å². The van der Waals surface area contributed by atoms with Gasteiger partial charge in [0.2, 0.25) is 0 Å². The van der Waals surface area contributed by atoms with Gasteiger partial charge in [0.25, 0.3) is 11.5 Å². The molecule has 9 heteroatoms. The summed E-state index contributed by atoms with van der Waals surface area (Å²) in [6, 6.07) is 0.669. The molecule has 0 saturated carbocycles. The lowest BCUT2D eigenvalue weighted by Gasteiger charge is -2.19. The van der Waals surface area contributed by atoms with Crippen LogP contribution in [0.3, 0.4) is 0 Å². The van der Waals surface area contributed by atoms with E-state index in [2.05, 4.69) is 20.4 Å². The smallest absolute Gasteiger partial charge is 0.326 e. The van der Waals surface area contributed by atoms with E-state index in [0.717, 1.165) is 6.07 Å². The Morgan fingerprint density at radius 3 is 2.64 bits per heavy atom. The fourth-order valence-electron chi connectivity index (χ4n) is 2.15. The van der Waals surface area contributed by atoms with Gasteiger partial charge in [-0.25, -0.2) is 9.78 Å². The molecule has 0 radical (unpaired) electrons. The summed E-state index contributed by atoms with van der Waals surface area (Å²) in [7, 11) is 1.73. The average molecular weight is 306 g/mol. The Bertz CT molecular complexity index is 744. The third-order valence-corrected chi connectivity index (χ3v) is 3.08. The van der Waals surface area contributed by atoms with Gasteiger partial charge in [0.15, 0.2) is 0 Å². The van der Waals surface area contributed by atoms with Crippen LogP contribution in [0.5, 0.6) is 0 Å². The fraction of sp³-hybridized carbons (Fsp3) is 0.462. The number of nitrogens with zero attached hydrogens (tertiary/aromatic N) is 3. The van der Waals surface area contributed by atoms with Crippen molar-refractivity contribution in [2.45, 2.75) is 26.3 Å². The Morgan fingerprint density at radius 1 is 1.36 bits per heavy atom. The highest BCUT2D eigenvalue weighted by Gasteiger charge is 2.21. The van der Waals surface area contributed by atoms with Crippen molar-refractivity contribution in [1.82, 2.24) is 30.0 Å². The average Bonchev–Trinajstić information content (AvgIpc) is 2.82. The zero-order valence-corrected chi connectivity index (χ0v) is 12.6. The number of nitrogens with one attached hydrogen (secondary N) is 3. The summed E-state index contributed by atoms with van der Waals surface area (Å²) < 4.78 is 1.58. The molecule has 9 nitrogen and oxygen atoms in total. The lowest BCUT2D eigenvalue weighted by atomic mass is 10.0. The quantitative estimate of drug-likeness (QED) is 0.700. The molecule has 2 aromatic heterocycles. The van der Waals surface area contributed by atoms with Crippen LogP contribution < -0.4 is 16.6 Å². The molecule has 2 rings (SSSR count). The third kappa shape index (κ3) is 3.68. The van der Waals surface area contributed by atoms with E-state index in [1.54, 1.807) is 11.7 Å². The Hall–Kier alpha value is -2.71. The number of aryl methyl sites for hydroxylation is 1. The number of carbonyl (C=O) groups excluding carboxylic acids is 1. The predicted octanol–water partition coefficient (Wildman–Crippen LogP) is -0.291. The molecule has 3 N–H and O–H groups in total. The molecule has 0 aliphatic rings. The highest BCUT2D eigenvalue weighted by Crippen LogP contribution is 2.19. The summed E-state index contributed by atoms with van der Waals surface area (Å²) in [5.74, 6) is 0.367. The number of aromatic nitrogens is 5. The largest absolute Gasteiger partial charge is 0.341 e. The van der Waals surface area contributed by atoms with Crippen LogP contribution >= 0.6 is 0 Å². The van der Waals surface area contributed by atoms with Crippen LogP contribution in [0.4, 0.5) is 0 Å². The molecule has 0 fully saturated rings. The lowest BCUT2D eigenvalue weighted by molar-refractivity contribution is 0.0923. The summed E-state index contributed by atoms with van der Waals surface area (Å²) in [4.78, 5) is 43.2. The summed E-state index contributed by atoms with van der Waals surface area (Å²) in [6.07, 6.45) is 2.05.